The molecule has 2 saturated heterocycles. The maximum Gasteiger partial charge on any atom is 0.174 e. The molecule has 0 saturated carbocycles. The SMILES string of the molecule is COc1ccc2ncc(F)c(CCCC3(CO)CCN(CC#Cc4cc(F)cc(F)c4F)CC3)c2c1.COc1ccc2ncc(F)c(CCCC3(CO)CCN(CCSc4cccs4)CC3)c2c1. The smallest absolute Gasteiger partial charge is 0.174 e. The van der Waals surface area contributed by atoms with Crippen LogP contribution in [0, 0.1) is 51.8 Å². The molecule has 8 nitrogen and oxygen atoms in total. The van der Waals surface area contributed by atoms with Crippen LogP contribution in [0.4, 0.5) is 22.0 Å². The molecule has 15 heteroatoms. The number of methoxy groups -OCH3 is 2. The van der Waals surface area contributed by atoms with E-state index in [4.69, 9.17) is 9.47 Å². The summed E-state index contributed by atoms with van der Waals surface area (Å²) in [7, 11) is 3.18. The monoisotopic (exact) mass is 974 g/mol. The molecule has 2 aliphatic rings. The number of thioether (sulfide) groups is 1. The highest BCUT2D eigenvalue weighted by atomic mass is 32.2. The third-order valence-corrected chi connectivity index (χ3v) is 15.8. The average Bonchev–Trinajstić information content (AvgIpc) is 3.89. The van der Waals surface area contributed by atoms with Gasteiger partial charge in [0.1, 0.15) is 29.0 Å². The van der Waals surface area contributed by atoms with Crippen LogP contribution < -0.4 is 9.47 Å². The lowest BCUT2D eigenvalue weighted by Crippen LogP contribution is -2.42. The molecule has 5 heterocycles. The first-order valence-corrected chi connectivity index (χ1v) is 25.0. The number of likely N-dealkylation sites (tertiary alicyclic amines) is 2. The number of aliphatic hydroxyl groups is 2. The Morgan fingerprint density at radius 2 is 1.25 bits per heavy atom. The van der Waals surface area contributed by atoms with Crippen LogP contribution in [0.2, 0.25) is 0 Å². The van der Waals surface area contributed by atoms with E-state index >= 15 is 0 Å². The molecule has 0 unspecified atom stereocenters. The Labute approximate surface area is 403 Å². The molecule has 3 aromatic heterocycles. The van der Waals surface area contributed by atoms with Crippen LogP contribution in [-0.2, 0) is 12.8 Å². The van der Waals surface area contributed by atoms with E-state index in [0.717, 1.165) is 92.7 Å². The largest absolute Gasteiger partial charge is 0.497 e. The molecule has 3 aromatic carbocycles. The minimum atomic E-state index is -1.26. The fraction of sp³-hybridized carbons (Fsp3) is 0.434. The van der Waals surface area contributed by atoms with Crippen molar-refractivity contribution in [1.29, 1.82) is 0 Å². The number of benzene rings is 3. The molecule has 362 valence electrons. The zero-order valence-corrected chi connectivity index (χ0v) is 40.3. The van der Waals surface area contributed by atoms with E-state index in [0.29, 0.717) is 73.1 Å². The Morgan fingerprint density at radius 1 is 0.706 bits per heavy atom. The van der Waals surface area contributed by atoms with Crippen molar-refractivity contribution in [2.45, 2.75) is 68.4 Å². The number of rotatable bonds is 17. The number of aromatic nitrogens is 2. The van der Waals surface area contributed by atoms with Gasteiger partial charge in [-0.3, -0.25) is 14.9 Å². The predicted molar refractivity (Wildman–Crippen MR) is 261 cm³/mol. The molecule has 0 radical (unpaired) electrons. The Balaban J connectivity index is 0.000000203. The van der Waals surface area contributed by atoms with E-state index < -0.39 is 17.5 Å². The molecule has 8 rings (SSSR count). The summed E-state index contributed by atoms with van der Waals surface area (Å²) in [6, 6.07) is 16.6. The van der Waals surface area contributed by atoms with E-state index in [-0.39, 0.29) is 41.2 Å². The number of aliphatic hydroxyl groups excluding tert-OH is 2. The molecule has 0 atom stereocenters. The van der Waals surface area contributed by atoms with Gasteiger partial charge in [-0.1, -0.05) is 17.9 Å². The van der Waals surface area contributed by atoms with Gasteiger partial charge in [-0.2, -0.15) is 0 Å². The van der Waals surface area contributed by atoms with E-state index in [1.165, 1.54) is 16.6 Å². The molecule has 2 aliphatic heterocycles. The van der Waals surface area contributed by atoms with Gasteiger partial charge in [0.05, 0.1) is 54.0 Å². The highest BCUT2D eigenvalue weighted by Crippen LogP contribution is 2.39. The van der Waals surface area contributed by atoms with Crippen LogP contribution in [0.5, 0.6) is 11.5 Å². The molecular formula is C53H59F5N4O4S2. The zero-order chi connectivity index (χ0) is 48.1. The number of ether oxygens (including phenoxy) is 2. The van der Waals surface area contributed by atoms with Crippen molar-refractivity contribution in [2.75, 3.05) is 72.5 Å². The van der Waals surface area contributed by atoms with Gasteiger partial charge in [-0.15, -0.1) is 23.1 Å². The normalized spacial score (nSPS) is 16.0. The number of aryl methyl sites for hydroxylation is 2. The maximum absolute atomic E-state index is 14.6. The highest BCUT2D eigenvalue weighted by Gasteiger charge is 2.35. The minimum Gasteiger partial charge on any atom is -0.497 e. The first kappa shape index (κ1) is 51.0. The Hall–Kier alpha value is -4.82. The molecule has 0 bridgehead atoms. The van der Waals surface area contributed by atoms with Crippen molar-refractivity contribution in [3.63, 3.8) is 0 Å². The molecule has 0 amide bonds. The molecular weight excluding hydrogens is 916 g/mol. The van der Waals surface area contributed by atoms with Gasteiger partial charge in [0.15, 0.2) is 11.6 Å². The second-order valence-electron chi connectivity index (χ2n) is 17.9. The van der Waals surface area contributed by atoms with Crippen LogP contribution in [0.3, 0.4) is 0 Å². The fourth-order valence-electron chi connectivity index (χ4n) is 9.37. The predicted octanol–water partition coefficient (Wildman–Crippen LogP) is 10.9. The average molecular weight is 975 g/mol. The number of nitrogens with zero attached hydrogens (tertiary/aromatic N) is 4. The Kier molecular flexibility index (Phi) is 18.1. The fourth-order valence-corrected chi connectivity index (χ4v) is 11.2. The van der Waals surface area contributed by atoms with Crippen LogP contribution in [0.25, 0.3) is 21.8 Å². The first-order valence-electron chi connectivity index (χ1n) is 23.1. The summed E-state index contributed by atoms with van der Waals surface area (Å²) in [5.74, 6) is 3.86. The lowest BCUT2D eigenvalue weighted by Gasteiger charge is -2.41. The number of halogens is 5. The third kappa shape index (κ3) is 13.1. The third-order valence-electron chi connectivity index (χ3n) is 13.7. The quantitative estimate of drug-likeness (QED) is 0.0401. The van der Waals surface area contributed by atoms with Gasteiger partial charge in [0.2, 0.25) is 0 Å². The topological polar surface area (TPSA) is 91.2 Å². The molecule has 6 aromatic rings. The zero-order valence-electron chi connectivity index (χ0n) is 38.6. The minimum absolute atomic E-state index is 0.0354. The Bertz CT molecular complexity index is 2660. The number of pyridine rings is 2. The molecule has 2 fully saturated rings. The van der Waals surface area contributed by atoms with E-state index in [9.17, 15) is 32.2 Å². The summed E-state index contributed by atoms with van der Waals surface area (Å²) < 4.78 is 81.6. The van der Waals surface area contributed by atoms with Crippen LogP contribution in [0.15, 0.2) is 82.6 Å². The maximum atomic E-state index is 14.6. The van der Waals surface area contributed by atoms with E-state index in [1.807, 2.05) is 36.0 Å². The van der Waals surface area contributed by atoms with Gasteiger partial charge in [0.25, 0.3) is 0 Å². The summed E-state index contributed by atoms with van der Waals surface area (Å²) in [6.07, 6.45) is 10.4. The molecule has 2 N–H and O–H groups in total. The number of thiophene rings is 1. The highest BCUT2D eigenvalue weighted by molar-refractivity contribution is 8.01. The first-order chi connectivity index (χ1) is 33.0. The van der Waals surface area contributed by atoms with Gasteiger partial charge < -0.3 is 24.6 Å². The van der Waals surface area contributed by atoms with Crippen LogP contribution in [-0.4, -0.2) is 102 Å². The Morgan fingerprint density at radius 3 is 1.75 bits per heavy atom. The standard InChI is InChI=1S/C28H28F4N2O2.C25H31FN2O2S2/c1-36-21-6-7-26-23(16-21)22(25(31)17-33-26)5-2-8-28(18-35)9-12-34(13-10-28)11-3-4-19-14-20(29)15-24(30)27(19)32;1-30-19-6-7-23-21(16-19)20(22(26)17-27-23)4-2-8-25(18-29)9-11-28(12-10-25)13-15-32-24-5-3-14-31-24/h6-7,14-17,35H,2,5,8-13,18H2,1H3;3,5-7,14,16-17,29H,2,4,8-13,15,18H2,1H3. The number of hydrogen-bond donors (Lipinski definition) is 2. The van der Waals surface area contributed by atoms with Gasteiger partial charge in [-0.05, 0) is 166 Å². The summed E-state index contributed by atoms with van der Waals surface area (Å²) in [5.41, 5.74) is 2.17. The van der Waals surface area contributed by atoms with Crippen molar-refractivity contribution in [2.24, 2.45) is 10.8 Å². The summed E-state index contributed by atoms with van der Waals surface area (Å²) in [4.78, 5) is 13.0. The molecule has 0 aliphatic carbocycles. The second kappa shape index (κ2) is 24.1. The van der Waals surface area contributed by atoms with Crippen LogP contribution in [0.1, 0.15) is 68.1 Å². The van der Waals surface area contributed by atoms with E-state index in [2.05, 4.69) is 49.1 Å². The summed E-state index contributed by atoms with van der Waals surface area (Å²) >= 11 is 3.72. The van der Waals surface area contributed by atoms with Gasteiger partial charge >= 0.3 is 0 Å². The van der Waals surface area contributed by atoms with Crippen molar-refractivity contribution >= 4 is 44.9 Å². The van der Waals surface area contributed by atoms with Crippen molar-refractivity contribution in [1.82, 2.24) is 19.8 Å². The molecule has 68 heavy (non-hydrogen) atoms. The summed E-state index contributed by atoms with van der Waals surface area (Å²) in [5, 5.41) is 24.0. The van der Waals surface area contributed by atoms with Crippen molar-refractivity contribution in [3.05, 3.63) is 124 Å². The van der Waals surface area contributed by atoms with Crippen molar-refractivity contribution < 1.29 is 41.6 Å². The summed E-state index contributed by atoms with van der Waals surface area (Å²) in [6.45, 7) is 5.06. The van der Waals surface area contributed by atoms with E-state index in [1.54, 1.807) is 37.7 Å². The second-order valence-corrected chi connectivity index (χ2v) is 20.3. The molecule has 0 spiro atoms. The number of hydrogen-bond acceptors (Lipinski definition) is 10. The lowest BCUT2D eigenvalue weighted by atomic mass is 9.75. The number of fused-ring (bicyclic) bond motifs is 2. The van der Waals surface area contributed by atoms with Crippen molar-refractivity contribution in [3.8, 4) is 23.3 Å². The van der Waals surface area contributed by atoms with Crippen LogP contribution >= 0.6 is 23.1 Å². The van der Waals surface area contributed by atoms with Gasteiger partial charge in [0, 0.05) is 42.4 Å². The lowest BCUT2D eigenvalue weighted by molar-refractivity contribution is 0.0378. The van der Waals surface area contributed by atoms with Gasteiger partial charge in [-0.25, -0.2) is 22.0 Å². The number of piperidine rings is 2.